The van der Waals surface area contributed by atoms with Gasteiger partial charge in [0.1, 0.15) is 0 Å². The topological polar surface area (TPSA) is 20.2 Å². The summed E-state index contributed by atoms with van der Waals surface area (Å²) >= 11 is 5.36. The summed E-state index contributed by atoms with van der Waals surface area (Å²) in [6.45, 7) is 1.88. The van der Waals surface area contributed by atoms with Crippen LogP contribution < -0.4 is 0 Å². The van der Waals surface area contributed by atoms with Crippen LogP contribution in [0.15, 0.2) is 24.3 Å². The average Bonchev–Trinajstić information content (AvgIpc) is 2.26. The molecule has 0 aromatic heterocycles. The van der Waals surface area contributed by atoms with Crippen molar-refractivity contribution in [2.24, 2.45) is 0 Å². The standard InChI is InChI=1S/C13H11ClO/c1-2-3-4-5-6-7-8-9-10-11-13(15)12-14/h2-3,10-11,13,15H,12H2,1H3. The van der Waals surface area contributed by atoms with E-state index in [-0.39, 0.29) is 5.88 Å². The van der Waals surface area contributed by atoms with Crippen molar-refractivity contribution < 1.29 is 5.11 Å². The molecule has 0 saturated heterocycles. The summed E-state index contributed by atoms with van der Waals surface area (Å²) in [6.07, 6.45) is 5.91. The smallest absolute Gasteiger partial charge is 0.0865 e. The maximum atomic E-state index is 9.01. The first-order valence-electron chi connectivity index (χ1n) is 4.34. The molecule has 0 rings (SSSR count). The zero-order chi connectivity index (χ0) is 11.4. The van der Waals surface area contributed by atoms with Crippen molar-refractivity contribution in [3.63, 3.8) is 0 Å². The molecule has 0 aromatic rings. The third-order valence-corrected chi connectivity index (χ3v) is 1.46. The lowest BCUT2D eigenvalue weighted by Crippen LogP contribution is -2.01. The number of alkyl halides is 1. The van der Waals surface area contributed by atoms with Gasteiger partial charge in [0.05, 0.1) is 12.0 Å². The summed E-state index contributed by atoms with van der Waals surface area (Å²) in [5.41, 5.74) is 0. The Labute approximate surface area is 95.8 Å². The normalized spacial score (nSPS) is 10.9. The summed E-state index contributed by atoms with van der Waals surface area (Å²) < 4.78 is 0. The van der Waals surface area contributed by atoms with Gasteiger partial charge < -0.3 is 5.11 Å². The third kappa shape index (κ3) is 10.3. The fourth-order valence-electron chi connectivity index (χ4n) is 0.512. The van der Waals surface area contributed by atoms with E-state index in [1.54, 1.807) is 6.08 Å². The summed E-state index contributed by atoms with van der Waals surface area (Å²) in [5.74, 6) is 15.8. The summed E-state index contributed by atoms with van der Waals surface area (Å²) in [7, 11) is 0. The van der Waals surface area contributed by atoms with Crippen LogP contribution in [0.1, 0.15) is 6.92 Å². The minimum Gasteiger partial charge on any atom is -0.388 e. The Morgan fingerprint density at radius 1 is 1.13 bits per heavy atom. The van der Waals surface area contributed by atoms with Crippen molar-refractivity contribution in [2.75, 3.05) is 5.88 Å². The highest BCUT2D eigenvalue weighted by Gasteiger charge is 1.90. The lowest BCUT2D eigenvalue weighted by molar-refractivity contribution is 0.247. The summed E-state index contributed by atoms with van der Waals surface area (Å²) in [6, 6.07) is 0. The van der Waals surface area contributed by atoms with Gasteiger partial charge in [0, 0.05) is 0 Å². The fraction of sp³-hybridized carbons (Fsp3) is 0.231. The largest absolute Gasteiger partial charge is 0.388 e. The molecule has 1 N–H and O–H groups in total. The van der Waals surface area contributed by atoms with Gasteiger partial charge in [-0.25, -0.2) is 0 Å². The van der Waals surface area contributed by atoms with E-state index in [9.17, 15) is 0 Å². The predicted molar refractivity (Wildman–Crippen MR) is 64.0 cm³/mol. The molecule has 0 amide bonds. The van der Waals surface area contributed by atoms with E-state index in [1.165, 1.54) is 12.2 Å². The third-order valence-electron chi connectivity index (χ3n) is 1.14. The van der Waals surface area contributed by atoms with Gasteiger partial charge in [-0.3, -0.25) is 0 Å². The van der Waals surface area contributed by atoms with Gasteiger partial charge in [-0.15, -0.1) is 11.6 Å². The summed E-state index contributed by atoms with van der Waals surface area (Å²) in [4.78, 5) is 0. The Hall–Kier alpha value is -1.59. The van der Waals surface area contributed by atoms with E-state index in [0.717, 1.165) is 0 Å². The molecule has 0 aliphatic rings. The molecular weight excluding hydrogens is 208 g/mol. The Kier molecular flexibility index (Phi) is 9.38. The van der Waals surface area contributed by atoms with Gasteiger partial charge in [0.2, 0.25) is 0 Å². The Bertz CT molecular complexity index is 399. The molecule has 15 heavy (non-hydrogen) atoms. The predicted octanol–water partition coefficient (Wildman–Crippen LogP) is 1.73. The Balaban J connectivity index is 4.01. The van der Waals surface area contributed by atoms with Crippen LogP contribution in [0.3, 0.4) is 0 Å². The highest BCUT2D eigenvalue weighted by molar-refractivity contribution is 6.18. The fourth-order valence-corrected chi connectivity index (χ4v) is 0.615. The second-order valence-corrected chi connectivity index (χ2v) is 2.68. The first kappa shape index (κ1) is 13.4. The molecular formula is C13H11ClO. The average molecular weight is 219 g/mol. The van der Waals surface area contributed by atoms with Crippen LogP contribution in [0.2, 0.25) is 0 Å². The highest BCUT2D eigenvalue weighted by Crippen LogP contribution is 1.87. The van der Waals surface area contributed by atoms with E-state index < -0.39 is 6.10 Å². The molecule has 0 aliphatic heterocycles. The Morgan fingerprint density at radius 2 is 1.73 bits per heavy atom. The maximum Gasteiger partial charge on any atom is 0.0865 e. The molecule has 0 aliphatic carbocycles. The number of aliphatic hydroxyl groups is 1. The monoisotopic (exact) mass is 218 g/mol. The molecule has 0 radical (unpaired) electrons. The molecule has 2 heteroatoms. The second-order valence-electron chi connectivity index (χ2n) is 2.37. The number of rotatable bonds is 2. The van der Waals surface area contributed by atoms with Crippen molar-refractivity contribution in [3.8, 4) is 35.5 Å². The number of hydrogen-bond acceptors (Lipinski definition) is 1. The van der Waals surface area contributed by atoms with E-state index in [4.69, 9.17) is 16.7 Å². The quantitative estimate of drug-likeness (QED) is 0.553. The molecule has 1 unspecified atom stereocenters. The molecule has 0 heterocycles. The zero-order valence-corrected chi connectivity index (χ0v) is 9.17. The number of allylic oxidation sites excluding steroid dienone is 3. The molecule has 0 spiro atoms. The van der Waals surface area contributed by atoms with Gasteiger partial charge in [0.15, 0.2) is 0 Å². The van der Waals surface area contributed by atoms with E-state index in [2.05, 4.69) is 35.5 Å². The van der Waals surface area contributed by atoms with Crippen molar-refractivity contribution >= 4 is 11.6 Å². The molecule has 1 nitrogen and oxygen atoms in total. The number of halogens is 1. The van der Waals surface area contributed by atoms with Crippen LogP contribution in [0, 0.1) is 35.5 Å². The van der Waals surface area contributed by atoms with Crippen LogP contribution in [-0.4, -0.2) is 17.1 Å². The SMILES string of the molecule is CC=CC#CC#CC#CC=CC(O)CCl. The van der Waals surface area contributed by atoms with Crippen molar-refractivity contribution in [1.82, 2.24) is 0 Å². The lowest BCUT2D eigenvalue weighted by Gasteiger charge is -1.93. The second kappa shape index (κ2) is 10.5. The molecule has 1 atom stereocenters. The van der Waals surface area contributed by atoms with Gasteiger partial charge in [-0.05, 0) is 48.8 Å². The zero-order valence-electron chi connectivity index (χ0n) is 8.42. The van der Waals surface area contributed by atoms with Crippen LogP contribution in [-0.2, 0) is 0 Å². The maximum absolute atomic E-state index is 9.01. The first-order chi connectivity index (χ1) is 7.31. The molecule has 0 bridgehead atoms. The minimum absolute atomic E-state index is 0.165. The Morgan fingerprint density at radius 3 is 2.27 bits per heavy atom. The molecule has 0 saturated carbocycles. The van der Waals surface area contributed by atoms with E-state index >= 15 is 0 Å². The van der Waals surface area contributed by atoms with Crippen LogP contribution in [0.5, 0.6) is 0 Å². The van der Waals surface area contributed by atoms with Crippen molar-refractivity contribution in [2.45, 2.75) is 13.0 Å². The molecule has 0 fully saturated rings. The molecule has 0 aromatic carbocycles. The van der Waals surface area contributed by atoms with Crippen LogP contribution in [0.25, 0.3) is 0 Å². The van der Waals surface area contributed by atoms with Crippen LogP contribution >= 0.6 is 11.6 Å². The van der Waals surface area contributed by atoms with Gasteiger partial charge in [0.25, 0.3) is 0 Å². The lowest BCUT2D eigenvalue weighted by atomic mass is 10.3. The van der Waals surface area contributed by atoms with Crippen LogP contribution in [0.4, 0.5) is 0 Å². The van der Waals surface area contributed by atoms with Crippen molar-refractivity contribution in [3.05, 3.63) is 24.3 Å². The van der Waals surface area contributed by atoms with Gasteiger partial charge in [-0.1, -0.05) is 17.9 Å². The molecule has 76 valence electrons. The van der Waals surface area contributed by atoms with Crippen molar-refractivity contribution in [1.29, 1.82) is 0 Å². The summed E-state index contributed by atoms with van der Waals surface area (Å²) in [5, 5.41) is 9.01. The number of hydrogen-bond donors (Lipinski definition) is 1. The van der Waals surface area contributed by atoms with E-state index in [1.807, 2.05) is 13.0 Å². The van der Waals surface area contributed by atoms with Gasteiger partial charge >= 0.3 is 0 Å². The first-order valence-corrected chi connectivity index (χ1v) is 4.87. The van der Waals surface area contributed by atoms with Gasteiger partial charge in [-0.2, -0.15) is 0 Å². The minimum atomic E-state index is -0.650. The number of aliphatic hydroxyl groups excluding tert-OH is 1. The highest BCUT2D eigenvalue weighted by atomic mass is 35.5. The van der Waals surface area contributed by atoms with E-state index in [0.29, 0.717) is 0 Å².